The van der Waals surface area contributed by atoms with Crippen LogP contribution in [0.15, 0.2) is 52.9 Å². The molecule has 4 rings (SSSR count). The largest absolute Gasteiger partial charge is 0.460 e. The SMILES string of the molecule is O=C1c2ccccc2Cc2oc3ccccc3c21. The molecule has 2 aromatic carbocycles. The molecule has 1 aromatic heterocycles. The minimum atomic E-state index is 0.0804. The molecule has 0 amide bonds. The Morgan fingerprint density at radius 3 is 2.67 bits per heavy atom. The first-order valence-corrected chi connectivity index (χ1v) is 5.97. The average molecular weight is 234 g/mol. The van der Waals surface area contributed by atoms with Crippen LogP contribution in [-0.4, -0.2) is 5.78 Å². The molecule has 0 aliphatic heterocycles. The lowest BCUT2D eigenvalue weighted by molar-refractivity contribution is 0.103. The second-order valence-electron chi connectivity index (χ2n) is 4.56. The van der Waals surface area contributed by atoms with Crippen molar-refractivity contribution in [2.24, 2.45) is 0 Å². The van der Waals surface area contributed by atoms with Crippen molar-refractivity contribution in [2.75, 3.05) is 0 Å². The Balaban J connectivity index is 2.06. The normalized spacial score (nSPS) is 13.4. The second kappa shape index (κ2) is 3.33. The van der Waals surface area contributed by atoms with Crippen molar-refractivity contribution in [1.29, 1.82) is 0 Å². The lowest BCUT2D eigenvalue weighted by atomic mass is 9.88. The van der Waals surface area contributed by atoms with E-state index in [1.807, 2.05) is 48.5 Å². The van der Waals surface area contributed by atoms with E-state index < -0.39 is 0 Å². The number of fused-ring (bicyclic) bond motifs is 4. The molecule has 2 nitrogen and oxygen atoms in total. The fourth-order valence-corrected chi connectivity index (χ4v) is 2.67. The summed E-state index contributed by atoms with van der Waals surface area (Å²) in [6.45, 7) is 0. The number of rotatable bonds is 0. The van der Waals surface area contributed by atoms with E-state index in [-0.39, 0.29) is 5.78 Å². The van der Waals surface area contributed by atoms with Gasteiger partial charge in [-0.1, -0.05) is 42.5 Å². The van der Waals surface area contributed by atoms with Crippen molar-refractivity contribution >= 4 is 16.8 Å². The van der Waals surface area contributed by atoms with E-state index in [4.69, 9.17) is 4.42 Å². The van der Waals surface area contributed by atoms with E-state index in [2.05, 4.69) is 0 Å². The third kappa shape index (κ3) is 1.15. The highest BCUT2D eigenvalue weighted by Crippen LogP contribution is 2.34. The fourth-order valence-electron chi connectivity index (χ4n) is 2.67. The van der Waals surface area contributed by atoms with Crippen molar-refractivity contribution in [3.63, 3.8) is 0 Å². The number of para-hydroxylation sites is 1. The molecule has 1 aliphatic carbocycles. The highest BCUT2D eigenvalue weighted by atomic mass is 16.3. The molecule has 0 atom stereocenters. The molecule has 0 unspecified atom stereocenters. The molecule has 0 radical (unpaired) electrons. The van der Waals surface area contributed by atoms with Crippen molar-refractivity contribution < 1.29 is 9.21 Å². The first-order valence-electron chi connectivity index (χ1n) is 5.97. The number of carbonyl (C=O) groups is 1. The number of hydrogen-bond donors (Lipinski definition) is 0. The summed E-state index contributed by atoms with van der Waals surface area (Å²) in [5.41, 5.74) is 3.39. The van der Waals surface area contributed by atoms with Crippen molar-refractivity contribution in [3.8, 4) is 0 Å². The Labute approximate surface area is 104 Å². The quantitative estimate of drug-likeness (QED) is 0.465. The number of ketones is 1. The van der Waals surface area contributed by atoms with Gasteiger partial charge in [-0.25, -0.2) is 0 Å². The maximum Gasteiger partial charge on any atom is 0.197 e. The Bertz CT molecular complexity index is 781. The fraction of sp³-hybridized carbons (Fsp3) is 0.0625. The van der Waals surface area contributed by atoms with Crippen LogP contribution in [0, 0.1) is 0 Å². The van der Waals surface area contributed by atoms with E-state index in [0.717, 1.165) is 33.4 Å². The van der Waals surface area contributed by atoms with E-state index in [0.29, 0.717) is 6.42 Å². The smallest absolute Gasteiger partial charge is 0.197 e. The van der Waals surface area contributed by atoms with Gasteiger partial charge in [-0.15, -0.1) is 0 Å². The molecule has 0 bridgehead atoms. The van der Waals surface area contributed by atoms with E-state index in [9.17, 15) is 4.79 Å². The van der Waals surface area contributed by atoms with Gasteiger partial charge < -0.3 is 4.42 Å². The van der Waals surface area contributed by atoms with Crippen molar-refractivity contribution in [1.82, 2.24) is 0 Å². The number of furan rings is 1. The molecule has 0 spiro atoms. The standard InChI is InChI=1S/C16H10O2/c17-16-11-6-2-1-5-10(11)9-14-15(16)12-7-3-4-8-13(12)18-14/h1-8H,9H2. The van der Waals surface area contributed by atoms with Crippen molar-refractivity contribution in [2.45, 2.75) is 6.42 Å². The molecule has 3 aromatic rings. The third-order valence-electron chi connectivity index (χ3n) is 3.51. The second-order valence-corrected chi connectivity index (χ2v) is 4.56. The highest BCUT2D eigenvalue weighted by molar-refractivity contribution is 6.18. The predicted molar refractivity (Wildman–Crippen MR) is 68.9 cm³/mol. The van der Waals surface area contributed by atoms with Gasteiger partial charge in [0.05, 0.1) is 5.56 Å². The van der Waals surface area contributed by atoms with Crippen LogP contribution < -0.4 is 0 Å². The van der Waals surface area contributed by atoms with Crippen molar-refractivity contribution in [3.05, 3.63) is 71.0 Å². The summed E-state index contributed by atoms with van der Waals surface area (Å²) in [4.78, 5) is 12.5. The van der Waals surface area contributed by atoms with Crippen LogP contribution >= 0.6 is 0 Å². The Hall–Kier alpha value is -2.35. The minimum Gasteiger partial charge on any atom is -0.460 e. The van der Waals surface area contributed by atoms with Gasteiger partial charge >= 0.3 is 0 Å². The summed E-state index contributed by atoms with van der Waals surface area (Å²) in [5, 5.41) is 0.923. The summed E-state index contributed by atoms with van der Waals surface area (Å²) in [5.74, 6) is 0.872. The number of carbonyl (C=O) groups excluding carboxylic acids is 1. The minimum absolute atomic E-state index is 0.0804. The monoisotopic (exact) mass is 234 g/mol. The molecule has 1 heterocycles. The van der Waals surface area contributed by atoms with Gasteiger partial charge in [0.25, 0.3) is 0 Å². The Kier molecular flexibility index (Phi) is 1.78. The molecular weight excluding hydrogens is 224 g/mol. The van der Waals surface area contributed by atoms with Crippen LogP contribution in [0.25, 0.3) is 11.0 Å². The van der Waals surface area contributed by atoms with Gasteiger partial charge in [0, 0.05) is 17.4 Å². The van der Waals surface area contributed by atoms with Crippen LogP contribution in [-0.2, 0) is 6.42 Å². The highest BCUT2D eigenvalue weighted by Gasteiger charge is 2.28. The molecular formula is C16H10O2. The van der Waals surface area contributed by atoms with Crippen LogP contribution in [0.2, 0.25) is 0 Å². The van der Waals surface area contributed by atoms with E-state index in [1.165, 1.54) is 0 Å². The van der Waals surface area contributed by atoms with Crippen LogP contribution in [0.1, 0.15) is 27.2 Å². The molecule has 0 saturated heterocycles. The molecule has 2 heteroatoms. The first-order chi connectivity index (χ1) is 8.84. The van der Waals surface area contributed by atoms with Gasteiger partial charge in [0.1, 0.15) is 11.3 Å². The van der Waals surface area contributed by atoms with Gasteiger partial charge in [0.15, 0.2) is 5.78 Å². The zero-order valence-electron chi connectivity index (χ0n) is 9.64. The summed E-state index contributed by atoms with van der Waals surface area (Å²) in [6.07, 6.45) is 0.700. The van der Waals surface area contributed by atoms with E-state index >= 15 is 0 Å². The maximum absolute atomic E-state index is 12.5. The number of hydrogen-bond acceptors (Lipinski definition) is 2. The molecule has 0 fully saturated rings. The lowest BCUT2D eigenvalue weighted by Crippen LogP contribution is -2.13. The Morgan fingerprint density at radius 2 is 1.72 bits per heavy atom. The van der Waals surface area contributed by atoms with Gasteiger partial charge in [-0.2, -0.15) is 0 Å². The van der Waals surface area contributed by atoms with Gasteiger partial charge in [-0.05, 0) is 11.6 Å². The van der Waals surface area contributed by atoms with E-state index in [1.54, 1.807) is 0 Å². The molecule has 86 valence electrons. The summed E-state index contributed by atoms with van der Waals surface area (Å²) < 4.78 is 5.80. The van der Waals surface area contributed by atoms with Gasteiger partial charge in [-0.3, -0.25) is 4.79 Å². The van der Waals surface area contributed by atoms with Crippen LogP contribution in [0.5, 0.6) is 0 Å². The summed E-state index contributed by atoms with van der Waals surface area (Å²) >= 11 is 0. The maximum atomic E-state index is 12.5. The molecule has 0 saturated carbocycles. The molecule has 1 aliphatic rings. The lowest BCUT2D eigenvalue weighted by Gasteiger charge is -2.13. The summed E-state index contributed by atoms with van der Waals surface area (Å²) in [7, 11) is 0. The average Bonchev–Trinajstić information content (AvgIpc) is 2.77. The van der Waals surface area contributed by atoms with Crippen LogP contribution in [0.4, 0.5) is 0 Å². The van der Waals surface area contributed by atoms with Crippen LogP contribution in [0.3, 0.4) is 0 Å². The zero-order valence-corrected chi connectivity index (χ0v) is 9.64. The third-order valence-corrected chi connectivity index (χ3v) is 3.51. The molecule has 18 heavy (non-hydrogen) atoms. The Morgan fingerprint density at radius 1 is 0.944 bits per heavy atom. The zero-order chi connectivity index (χ0) is 12.1. The topological polar surface area (TPSA) is 30.2 Å². The van der Waals surface area contributed by atoms with Gasteiger partial charge in [0.2, 0.25) is 0 Å². The predicted octanol–water partition coefficient (Wildman–Crippen LogP) is 3.57. The summed E-state index contributed by atoms with van der Waals surface area (Å²) in [6, 6.07) is 15.5. The number of benzene rings is 2. The first kappa shape index (κ1) is 9.66. The molecule has 0 N–H and O–H groups in total.